The lowest BCUT2D eigenvalue weighted by Crippen LogP contribution is -2.60. The molecule has 2 nitrogen and oxygen atoms in total. The highest BCUT2D eigenvalue weighted by atomic mass is 32.1. The van der Waals surface area contributed by atoms with Gasteiger partial charge in [0, 0.05) is 24.4 Å². The molecule has 82 valence electrons. The molecule has 0 atom stereocenters. The van der Waals surface area contributed by atoms with Crippen LogP contribution in [0.3, 0.4) is 0 Å². The molecule has 1 aliphatic carbocycles. The van der Waals surface area contributed by atoms with Gasteiger partial charge in [-0.3, -0.25) is 0 Å². The van der Waals surface area contributed by atoms with Crippen molar-refractivity contribution in [1.82, 2.24) is 5.32 Å². The second-order valence-electron chi connectivity index (χ2n) is 4.87. The summed E-state index contributed by atoms with van der Waals surface area (Å²) in [5.74, 6) is 0. The second kappa shape index (κ2) is 3.58. The highest BCUT2D eigenvalue weighted by Gasteiger charge is 2.35. The number of thiophene rings is 1. The highest BCUT2D eigenvalue weighted by Crippen LogP contribution is 2.32. The van der Waals surface area contributed by atoms with E-state index in [1.165, 1.54) is 31.2 Å². The standard InChI is InChI=1S/C12H17NOS/c14-12(7-13-8-12)5-9-6-15-11-4-2-1-3-10(9)11/h6,13-14H,1-5,7-8H2. The fourth-order valence-corrected chi connectivity index (χ4v) is 3.75. The van der Waals surface area contributed by atoms with Gasteiger partial charge in [0.05, 0.1) is 5.60 Å². The van der Waals surface area contributed by atoms with Crippen LogP contribution in [0.25, 0.3) is 0 Å². The smallest absolute Gasteiger partial charge is 0.0935 e. The van der Waals surface area contributed by atoms with Gasteiger partial charge in [-0.1, -0.05) is 0 Å². The molecule has 2 aliphatic rings. The van der Waals surface area contributed by atoms with Crippen LogP contribution in [0.4, 0.5) is 0 Å². The quantitative estimate of drug-likeness (QED) is 0.796. The van der Waals surface area contributed by atoms with Crippen molar-refractivity contribution in [2.45, 2.75) is 37.7 Å². The van der Waals surface area contributed by atoms with Crippen LogP contribution in [0.1, 0.15) is 28.8 Å². The van der Waals surface area contributed by atoms with Crippen LogP contribution in [-0.4, -0.2) is 23.8 Å². The molecule has 0 aromatic carbocycles. The van der Waals surface area contributed by atoms with Gasteiger partial charge in [0.25, 0.3) is 0 Å². The van der Waals surface area contributed by atoms with Gasteiger partial charge >= 0.3 is 0 Å². The molecule has 1 aromatic rings. The molecule has 0 radical (unpaired) electrons. The first-order valence-corrected chi connectivity index (χ1v) is 6.66. The number of aliphatic hydroxyl groups is 1. The Morgan fingerprint density at radius 2 is 2.13 bits per heavy atom. The first-order valence-electron chi connectivity index (χ1n) is 5.78. The molecule has 0 amide bonds. The zero-order chi connectivity index (χ0) is 10.3. The van der Waals surface area contributed by atoms with Crippen molar-refractivity contribution in [3.63, 3.8) is 0 Å². The summed E-state index contributed by atoms with van der Waals surface area (Å²) < 4.78 is 0. The Labute approximate surface area is 94.3 Å². The lowest BCUT2D eigenvalue weighted by molar-refractivity contribution is -0.00912. The number of fused-ring (bicyclic) bond motifs is 1. The third-order valence-corrected chi connectivity index (χ3v) is 4.71. The van der Waals surface area contributed by atoms with Crippen LogP contribution in [0.5, 0.6) is 0 Å². The van der Waals surface area contributed by atoms with Crippen molar-refractivity contribution in [3.05, 3.63) is 21.4 Å². The number of rotatable bonds is 2. The van der Waals surface area contributed by atoms with E-state index in [1.54, 1.807) is 10.4 Å². The minimum atomic E-state index is -0.452. The van der Waals surface area contributed by atoms with E-state index in [-0.39, 0.29) is 0 Å². The van der Waals surface area contributed by atoms with Crippen LogP contribution < -0.4 is 5.32 Å². The molecular formula is C12H17NOS. The van der Waals surface area contributed by atoms with Crippen molar-refractivity contribution in [2.24, 2.45) is 0 Å². The maximum Gasteiger partial charge on any atom is 0.0935 e. The van der Waals surface area contributed by atoms with Crippen LogP contribution in [0.2, 0.25) is 0 Å². The Kier molecular flexibility index (Phi) is 2.34. The summed E-state index contributed by atoms with van der Waals surface area (Å²) in [4.78, 5) is 1.58. The van der Waals surface area contributed by atoms with Crippen LogP contribution in [0, 0.1) is 0 Å². The Morgan fingerprint density at radius 1 is 1.33 bits per heavy atom. The number of hydrogen-bond donors (Lipinski definition) is 2. The van der Waals surface area contributed by atoms with E-state index in [0.717, 1.165) is 19.5 Å². The average Bonchev–Trinajstić information content (AvgIpc) is 2.60. The molecule has 1 fully saturated rings. The van der Waals surface area contributed by atoms with Gasteiger partial charge in [0.15, 0.2) is 0 Å². The molecule has 2 heterocycles. The largest absolute Gasteiger partial charge is 0.387 e. The highest BCUT2D eigenvalue weighted by molar-refractivity contribution is 7.10. The van der Waals surface area contributed by atoms with Crippen molar-refractivity contribution in [1.29, 1.82) is 0 Å². The van der Waals surface area contributed by atoms with Crippen molar-refractivity contribution < 1.29 is 5.11 Å². The Hall–Kier alpha value is -0.380. The molecule has 1 aromatic heterocycles. The van der Waals surface area contributed by atoms with E-state index < -0.39 is 5.60 Å². The fourth-order valence-electron chi connectivity index (χ4n) is 2.60. The molecule has 0 bridgehead atoms. The summed E-state index contributed by atoms with van der Waals surface area (Å²) in [5, 5.41) is 15.5. The van der Waals surface area contributed by atoms with Gasteiger partial charge in [-0.25, -0.2) is 0 Å². The van der Waals surface area contributed by atoms with E-state index in [0.29, 0.717) is 0 Å². The summed E-state index contributed by atoms with van der Waals surface area (Å²) >= 11 is 1.90. The summed E-state index contributed by atoms with van der Waals surface area (Å²) in [6, 6.07) is 0. The van der Waals surface area contributed by atoms with E-state index in [2.05, 4.69) is 10.7 Å². The van der Waals surface area contributed by atoms with Crippen molar-refractivity contribution in [2.75, 3.05) is 13.1 Å². The summed E-state index contributed by atoms with van der Waals surface area (Å²) in [6.45, 7) is 1.52. The Balaban J connectivity index is 1.82. The summed E-state index contributed by atoms with van der Waals surface area (Å²) in [5.41, 5.74) is 2.53. The number of β-amino-alcohol motifs (C(OH)–C–C–N with tert-alkyl or cyclic N) is 1. The predicted molar refractivity (Wildman–Crippen MR) is 62.5 cm³/mol. The van der Waals surface area contributed by atoms with Gasteiger partial charge in [-0.2, -0.15) is 0 Å². The lowest BCUT2D eigenvalue weighted by atomic mass is 9.86. The molecule has 2 N–H and O–H groups in total. The topological polar surface area (TPSA) is 32.3 Å². The normalized spacial score (nSPS) is 23.3. The molecule has 0 unspecified atom stereocenters. The predicted octanol–water partition coefficient (Wildman–Crippen LogP) is 1.50. The fraction of sp³-hybridized carbons (Fsp3) is 0.667. The monoisotopic (exact) mass is 223 g/mol. The summed E-state index contributed by atoms with van der Waals surface area (Å²) in [7, 11) is 0. The molecule has 1 aliphatic heterocycles. The Morgan fingerprint density at radius 3 is 2.87 bits per heavy atom. The van der Waals surface area contributed by atoms with Gasteiger partial charge in [0.1, 0.15) is 0 Å². The zero-order valence-electron chi connectivity index (χ0n) is 8.88. The molecular weight excluding hydrogens is 206 g/mol. The third kappa shape index (κ3) is 1.73. The van der Waals surface area contributed by atoms with Gasteiger partial charge < -0.3 is 10.4 Å². The number of nitrogens with one attached hydrogen (secondary N) is 1. The van der Waals surface area contributed by atoms with Crippen LogP contribution in [0.15, 0.2) is 5.38 Å². The first-order chi connectivity index (χ1) is 7.27. The minimum absolute atomic E-state index is 0.452. The number of hydrogen-bond acceptors (Lipinski definition) is 3. The van der Waals surface area contributed by atoms with E-state index >= 15 is 0 Å². The SMILES string of the molecule is OC1(Cc2csc3c2CCCC3)CNC1. The first kappa shape index (κ1) is 9.82. The maximum atomic E-state index is 10.1. The third-order valence-electron chi connectivity index (χ3n) is 3.58. The summed E-state index contributed by atoms with van der Waals surface area (Å²) in [6.07, 6.45) is 6.02. The van der Waals surface area contributed by atoms with E-state index in [1.807, 2.05) is 11.3 Å². The van der Waals surface area contributed by atoms with E-state index in [4.69, 9.17) is 0 Å². The molecule has 15 heavy (non-hydrogen) atoms. The second-order valence-corrected chi connectivity index (χ2v) is 5.84. The maximum absolute atomic E-state index is 10.1. The average molecular weight is 223 g/mol. The lowest BCUT2D eigenvalue weighted by Gasteiger charge is -2.38. The molecule has 3 rings (SSSR count). The van der Waals surface area contributed by atoms with Crippen molar-refractivity contribution >= 4 is 11.3 Å². The molecule has 0 spiro atoms. The molecule has 0 saturated carbocycles. The van der Waals surface area contributed by atoms with Crippen molar-refractivity contribution in [3.8, 4) is 0 Å². The van der Waals surface area contributed by atoms with Gasteiger partial charge in [-0.05, 0) is 42.2 Å². The van der Waals surface area contributed by atoms with Crippen LogP contribution >= 0.6 is 11.3 Å². The Bertz CT molecular complexity index is 368. The minimum Gasteiger partial charge on any atom is -0.387 e. The van der Waals surface area contributed by atoms with Crippen LogP contribution in [-0.2, 0) is 19.3 Å². The molecule has 3 heteroatoms. The van der Waals surface area contributed by atoms with Gasteiger partial charge in [0.2, 0.25) is 0 Å². The van der Waals surface area contributed by atoms with Gasteiger partial charge in [-0.15, -0.1) is 11.3 Å². The van der Waals surface area contributed by atoms with E-state index in [9.17, 15) is 5.11 Å². The number of aryl methyl sites for hydroxylation is 1. The zero-order valence-corrected chi connectivity index (χ0v) is 9.70. The molecule has 1 saturated heterocycles.